The van der Waals surface area contributed by atoms with E-state index in [1.807, 2.05) is 38.1 Å². The van der Waals surface area contributed by atoms with Crippen LogP contribution in [0.5, 0.6) is 0 Å². The lowest BCUT2D eigenvalue weighted by Gasteiger charge is -2.28. The predicted molar refractivity (Wildman–Crippen MR) is 86.0 cm³/mol. The number of hydrogen-bond acceptors (Lipinski definition) is 2. The maximum Gasteiger partial charge on any atom is 0.311 e. The number of carboxylic acid groups (broad SMARTS) is 1. The quantitative estimate of drug-likeness (QED) is 0.927. The van der Waals surface area contributed by atoms with Crippen molar-refractivity contribution >= 4 is 11.9 Å². The first kappa shape index (κ1) is 16.5. The molecule has 120 valence electrons. The summed E-state index contributed by atoms with van der Waals surface area (Å²) < 4.78 is 0. The zero-order chi connectivity index (χ0) is 16.5. The lowest BCUT2D eigenvalue weighted by molar-refractivity contribution is -0.150. The average molecular weight is 303 g/mol. The number of benzene rings is 1. The molecule has 1 unspecified atom stereocenters. The molecular formula is C18H25NO3. The number of hydrogen-bond donors (Lipinski definition) is 1. The molecule has 0 bridgehead atoms. The van der Waals surface area contributed by atoms with Gasteiger partial charge in [-0.1, -0.05) is 39.8 Å². The minimum absolute atomic E-state index is 0.00566. The Kier molecular flexibility index (Phi) is 4.59. The first-order valence-corrected chi connectivity index (χ1v) is 7.90. The molecule has 0 saturated carbocycles. The Morgan fingerprint density at radius 1 is 1.14 bits per heavy atom. The molecule has 1 amide bonds. The summed E-state index contributed by atoms with van der Waals surface area (Å²) in [5, 5.41) is 9.56. The number of aliphatic carboxylic acids is 1. The average Bonchev–Trinajstić information content (AvgIpc) is 2.93. The van der Waals surface area contributed by atoms with Gasteiger partial charge in [0.15, 0.2) is 0 Å². The van der Waals surface area contributed by atoms with Gasteiger partial charge in [0.25, 0.3) is 5.91 Å². The SMILES string of the molecule is CC(C)c1ccc(C(=O)N2CCC(C(=O)O)(C(C)C)C2)cc1. The topological polar surface area (TPSA) is 57.6 Å². The van der Waals surface area contributed by atoms with Gasteiger partial charge in [0.05, 0.1) is 5.41 Å². The molecule has 0 spiro atoms. The van der Waals surface area contributed by atoms with Crippen LogP contribution < -0.4 is 0 Å². The van der Waals surface area contributed by atoms with Crippen molar-refractivity contribution in [1.82, 2.24) is 4.90 Å². The Morgan fingerprint density at radius 3 is 2.14 bits per heavy atom. The van der Waals surface area contributed by atoms with Gasteiger partial charge in [0, 0.05) is 18.7 Å². The van der Waals surface area contributed by atoms with E-state index in [0.717, 1.165) is 0 Å². The molecule has 1 aromatic rings. The highest BCUT2D eigenvalue weighted by Gasteiger charge is 2.48. The number of amides is 1. The molecule has 1 heterocycles. The standard InChI is InChI=1S/C18H25NO3/c1-12(2)14-5-7-15(8-6-14)16(20)19-10-9-18(11-19,13(3)4)17(21)22/h5-8,12-13H,9-11H2,1-4H3,(H,21,22). The third-order valence-corrected chi connectivity index (χ3v) is 4.94. The van der Waals surface area contributed by atoms with Crippen molar-refractivity contribution in [3.8, 4) is 0 Å². The van der Waals surface area contributed by atoms with Gasteiger partial charge in [-0.25, -0.2) is 0 Å². The number of carbonyl (C=O) groups excluding carboxylic acids is 1. The van der Waals surface area contributed by atoms with Gasteiger partial charge in [-0.2, -0.15) is 0 Å². The van der Waals surface area contributed by atoms with E-state index >= 15 is 0 Å². The molecule has 1 aromatic carbocycles. The third-order valence-electron chi connectivity index (χ3n) is 4.94. The van der Waals surface area contributed by atoms with E-state index in [-0.39, 0.29) is 11.8 Å². The van der Waals surface area contributed by atoms with Gasteiger partial charge in [-0.05, 0) is 36.0 Å². The van der Waals surface area contributed by atoms with Gasteiger partial charge >= 0.3 is 5.97 Å². The maximum atomic E-state index is 12.6. The smallest absolute Gasteiger partial charge is 0.311 e. The molecule has 2 rings (SSSR count). The molecule has 0 radical (unpaired) electrons. The first-order chi connectivity index (χ1) is 10.3. The summed E-state index contributed by atoms with van der Waals surface area (Å²) in [5.74, 6) is -0.435. The molecule has 0 aromatic heterocycles. The number of carboxylic acids is 1. The van der Waals surface area contributed by atoms with Gasteiger partial charge in [0.1, 0.15) is 0 Å². The van der Waals surface area contributed by atoms with E-state index < -0.39 is 11.4 Å². The van der Waals surface area contributed by atoms with E-state index in [1.54, 1.807) is 4.90 Å². The summed E-state index contributed by atoms with van der Waals surface area (Å²) in [6, 6.07) is 7.63. The second-order valence-electron chi connectivity index (χ2n) is 6.87. The van der Waals surface area contributed by atoms with E-state index in [2.05, 4.69) is 13.8 Å². The Hall–Kier alpha value is -1.84. The lowest BCUT2D eigenvalue weighted by Crippen LogP contribution is -2.40. The number of rotatable bonds is 4. The fourth-order valence-corrected chi connectivity index (χ4v) is 3.09. The van der Waals surface area contributed by atoms with E-state index in [1.165, 1.54) is 5.56 Å². The highest BCUT2D eigenvalue weighted by atomic mass is 16.4. The zero-order valence-corrected chi connectivity index (χ0v) is 13.8. The largest absolute Gasteiger partial charge is 0.481 e. The summed E-state index contributed by atoms with van der Waals surface area (Å²) >= 11 is 0. The minimum Gasteiger partial charge on any atom is -0.481 e. The summed E-state index contributed by atoms with van der Waals surface area (Å²) in [5.41, 5.74) is 1.02. The molecule has 1 fully saturated rings. The van der Waals surface area contributed by atoms with Gasteiger partial charge in [-0.15, -0.1) is 0 Å². The monoisotopic (exact) mass is 303 g/mol. The Bertz CT molecular complexity index is 562. The van der Waals surface area contributed by atoms with Crippen molar-refractivity contribution in [2.45, 2.75) is 40.0 Å². The molecule has 1 aliphatic rings. The molecule has 1 aliphatic heterocycles. The van der Waals surface area contributed by atoms with Crippen LogP contribution in [0.15, 0.2) is 24.3 Å². The minimum atomic E-state index is -0.812. The number of likely N-dealkylation sites (tertiary alicyclic amines) is 1. The Balaban J connectivity index is 2.16. The molecule has 1 atom stereocenters. The maximum absolute atomic E-state index is 12.6. The zero-order valence-electron chi connectivity index (χ0n) is 13.8. The predicted octanol–water partition coefficient (Wildman–Crippen LogP) is 3.38. The van der Waals surface area contributed by atoms with Crippen molar-refractivity contribution in [2.24, 2.45) is 11.3 Å². The van der Waals surface area contributed by atoms with Crippen LogP contribution in [-0.4, -0.2) is 35.0 Å². The van der Waals surface area contributed by atoms with Gasteiger partial charge in [-0.3, -0.25) is 9.59 Å². The second kappa shape index (κ2) is 6.11. The molecule has 0 aliphatic carbocycles. The van der Waals surface area contributed by atoms with Crippen LogP contribution in [-0.2, 0) is 4.79 Å². The summed E-state index contributed by atoms with van der Waals surface area (Å²) in [4.78, 5) is 25.9. The van der Waals surface area contributed by atoms with E-state index in [4.69, 9.17) is 0 Å². The third kappa shape index (κ3) is 2.87. The highest BCUT2D eigenvalue weighted by molar-refractivity contribution is 5.95. The first-order valence-electron chi connectivity index (χ1n) is 7.90. The van der Waals surface area contributed by atoms with Crippen molar-refractivity contribution < 1.29 is 14.7 Å². The molecule has 4 nitrogen and oxygen atoms in total. The van der Waals surface area contributed by atoms with Crippen LogP contribution in [0, 0.1) is 11.3 Å². The Labute approximate surface area is 132 Å². The van der Waals surface area contributed by atoms with Crippen molar-refractivity contribution in [2.75, 3.05) is 13.1 Å². The van der Waals surface area contributed by atoms with Crippen LogP contribution in [0.1, 0.15) is 56.0 Å². The van der Waals surface area contributed by atoms with Crippen LogP contribution in [0.4, 0.5) is 0 Å². The second-order valence-corrected chi connectivity index (χ2v) is 6.87. The summed E-state index contributed by atoms with van der Waals surface area (Å²) in [7, 11) is 0. The van der Waals surface area contributed by atoms with Crippen LogP contribution in [0.2, 0.25) is 0 Å². The van der Waals surface area contributed by atoms with Crippen LogP contribution >= 0.6 is 0 Å². The number of carbonyl (C=O) groups is 2. The van der Waals surface area contributed by atoms with E-state index in [0.29, 0.717) is 31.0 Å². The van der Waals surface area contributed by atoms with Crippen LogP contribution in [0.3, 0.4) is 0 Å². The van der Waals surface area contributed by atoms with Crippen LogP contribution in [0.25, 0.3) is 0 Å². The fourth-order valence-electron chi connectivity index (χ4n) is 3.09. The fraction of sp³-hybridized carbons (Fsp3) is 0.556. The normalized spacial score (nSPS) is 21.6. The van der Waals surface area contributed by atoms with E-state index in [9.17, 15) is 14.7 Å². The lowest BCUT2D eigenvalue weighted by atomic mass is 9.76. The summed E-state index contributed by atoms with van der Waals surface area (Å²) in [6.45, 7) is 8.86. The number of nitrogens with zero attached hydrogens (tertiary/aromatic N) is 1. The van der Waals surface area contributed by atoms with Gasteiger partial charge < -0.3 is 10.0 Å². The molecule has 1 saturated heterocycles. The van der Waals surface area contributed by atoms with Crippen molar-refractivity contribution in [3.63, 3.8) is 0 Å². The van der Waals surface area contributed by atoms with Gasteiger partial charge in [0.2, 0.25) is 0 Å². The molecule has 1 N–H and O–H groups in total. The Morgan fingerprint density at radius 2 is 1.73 bits per heavy atom. The molecule has 4 heteroatoms. The molecular weight excluding hydrogens is 278 g/mol. The van der Waals surface area contributed by atoms with Crippen molar-refractivity contribution in [1.29, 1.82) is 0 Å². The molecule has 22 heavy (non-hydrogen) atoms. The highest BCUT2D eigenvalue weighted by Crippen LogP contribution is 2.38. The van der Waals surface area contributed by atoms with Crippen molar-refractivity contribution in [3.05, 3.63) is 35.4 Å². The summed E-state index contributed by atoms with van der Waals surface area (Å²) in [6.07, 6.45) is 0.524.